The van der Waals surface area contributed by atoms with Crippen LogP contribution in [0.5, 0.6) is 0 Å². The molecule has 0 radical (unpaired) electrons. The van der Waals surface area contributed by atoms with Gasteiger partial charge in [0, 0.05) is 25.4 Å². The third-order valence-electron chi connectivity index (χ3n) is 2.01. The van der Waals surface area contributed by atoms with Crippen LogP contribution in [0.15, 0.2) is 12.4 Å². The summed E-state index contributed by atoms with van der Waals surface area (Å²) in [6, 6.07) is 0. The van der Waals surface area contributed by atoms with E-state index < -0.39 is 0 Å². The van der Waals surface area contributed by atoms with Crippen LogP contribution in [0, 0.1) is 0 Å². The molecule has 0 saturated heterocycles. The molecule has 0 fully saturated rings. The fourth-order valence-electron chi connectivity index (χ4n) is 1.28. The number of nitrogens with zero attached hydrogens (tertiary/aromatic N) is 4. The first-order valence-corrected chi connectivity index (χ1v) is 5.59. The van der Waals surface area contributed by atoms with Crippen molar-refractivity contribution in [2.75, 3.05) is 11.9 Å². The van der Waals surface area contributed by atoms with E-state index in [1.165, 1.54) is 11.7 Å². The Morgan fingerprint density at radius 2 is 2.33 bits per heavy atom. The summed E-state index contributed by atoms with van der Waals surface area (Å²) in [5.74, 6) is 0.856. The van der Waals surface area contributed by atoms with Crippen molar-refractivity contribution in [1.82, 2.24) is 18.5 Å². The molecule has 15 heavy (non-hydrogen) atoms. The zero-order valence-corrected chi connectivity index (χ0v) is 9.58. The molecule has 80 valence electrons. The van der Waals surface area contributed by atoms with Gasteiger partial charge in [-0.1, -0.05) is 6.92 Å². The number of anilines is 1. The molecular weight excluding hydrogens is 210 g/mol. The predicted octanol–water partition coefficient (Wildman–Crippen LogP) is 1.76. The van der Waals surface area contributed by atoms with Gasteiger partial charge in [-0.05, 0) is 6.42 Å². The minimum atomic E-state index is 0.856. The average Bonchev–Trinajstić information content (AvgIpc) is 2.82. The highest BCUT2D eigenvalue weighted by Crippen LogP contribution is 2.24. The molecule has 6 heteroatoms. The number of aryl methyl sites for hydroxylation is 1. The van der Waals surface area contributed by atoms with E-state index in [1.807, 2.05) is 13.2 Å². The van der Waals surface area contributed by atoms with E-state index in [-0.39, 0.29) is 0 Å². The molecule has 5 nitrogen and oxygen atoms in total. The third-order valence-corrected chi connectivity index (χ3v) is 2.54. The van der Waals surface area contributed by atoms with E-state index in [9.17, 15) is 0 Å². The minimum absolute atomic E-state index is 0.856. The minimum Gasteiger partial charge on any atom is -0.367 e. The summed E-state index contributed by atoms with van der Waals surface area (Å²) in [6.45, 7) is 3.04. The fraction of sp³-hybridized carbons (Fsp3) is 0.444. The molecule has 0 spiro atoms. The zero-order valence-electron chi connectivity index (χ0n) is 8.77. The summed E-state index contributed by atoms with van der Waals surface area (Å²) < 4.78 is 10.3. The Morgan fingerprint density at radius 3 is 3.00 bits per heavy atom. The summed E-state index contributed by atoms with van der Waals surface area (Å²) in [7, 11) is 1.89. The highest BCUT2D eigenvalue weighted by atomic mass is 32.1. The van der Waals surface area contributed by atoms with Gasteiger partial charge in [0.1, 0.15) is 5.69 Å². The first-order valence-electron chi connectivity index (χ1n) is 4.86. The van der Waals surface area contributed by atoms with Crippen LogP contribution in [0.3, 0.4) is 0 Å². The van der Waals surface area contributed by atoms with E-state index in [1.54, 1.807) is 10.9 Å². The smallest absolute Gasteiger partial charge is 0.168 e. The molecule has 1 N–H and O–H groups in total. The molecule has 0 atom stereocenters. The second-order valence-corrected chi connectivity index (χ2v) is 3.82. The van der Waals surface area contributed by atoms with Gasteiger partial charge >= 0.3 is 0 Å². The predicted molar refractivity (Wildman–Crippen MR) is 60.9 cm³/mol. The molecule has 0 aliphatic rings. The number of nitrogens with one attached hydrogen (secondary N) is 1. The standard InChI is InChI=1S/C9H13N5S/c1-3-4-10-9-8(12-15-13-9)7-5-11-14(2)6-7/h5-6H,3-4H2,1-2H3,(H,10,13). The molecule has 2 heterocycles. The van der Waals surface area contributed by atoms with Crippen LogP contribution in [-0.4, -0.2) is 25.1 Å². The van der Waals surface area contributed by atoms with Crippen molar-refractivity contribution in [3.63, 3.8) is 0 Å². The molecule has 2 aromatic heterocycles. The maximum absolute atomic E-state index is 4.27. The second-order valence-electron chi connectivity index (χ2n) is 3.29. The Bertz CT molecular complexity index is 433. The Balaban J connectivity index is 2.24. The summed E-state index contributed by atoms with van der Waals surface area (Å²) in [5, 5.41) is 7.37. The lowest BCUT2D eigenvalue weighted by Gasteiger charge is -2.00. The molecule has 2 rings (SSSR count). The number of rotatable bonds is 4. The SMILES string of the molecule is CCCNc1nsnc1-c1cnn(C)c1. The summed E-state index contributed by atoms with van der Waals surface area (Å²) in [6.07, 6.45) is 4.81. The van der Waals surface area contributed by atoms with Crippen LogP contribution in [0.1, 0.15) is 13.3 Å². The van der Waals surface area contributed by atoms with Crippen molar-refractivity contribution in [2.45, 2.75) is 13.3 Å². The average molecular weight is 223 g/mol. The molecule has 0 unspecified atom stereocenters. The van der Waals surface area contributed by atoms with E-state index in [0.717, 1.165) is 30.0 Å². The van der Waals surface area contributed by atoms with Crippen molar-refractivity contribution in [3.05, 3.63) is 12.4 Å². The van der Waals surface area contributed by atoms with Crippen molar-refractivity contribution >= 4 is 17.5 Å². The van der Waals surface area contributed by atoms with Gasteiger partial charge in [-0.3, -0.25) is 4.68 Å². The zero-order chi connectivity index (χ0) is 10.7. The van der Waals surface area contributed by atoms with Crippen LogP contribution >= 0.6 is 11.7 Å². The van der Waals surface area contributed by atoms with Crippen LogP contribution in [0.25, 0.3) is 11.3 Å². The Labute approximate surface area is 92.5 Å². The molecule has 2 aromatic rings. The number of hydrogen-bond donors (Lipinski definition) is 1. The van der Waals surface area contributed by atoms with E-state index >= 15 is 0 Å². The highest BCUT2D eigenvalue weighted by molar-refractivity contribution is 6.99. The first kappa shape index (κ1) is 10.1. The first-order chi connectivity index (χ1) is 7.31. The number of aromatic nitrogens is 4. The Kier molecular flexibility index (Phi) is 2.96. The quantitative estimate of drug-likeness (QED) is 0.858. The highest BCUT2D eigenvalue weighted by Gasteiger charge is 2.10. The lowest BCUT2D eigenvalue weighted by molar-refractivity contribution is 0.768. The van der Waals surface area contributed by atoms with Gasteiger partial charge in [-0.15, -0.1) is 0 Å². The van der Waals surface area contributed by atoms with Gasteiger partial charge in [0.05, 0.1) is 17.9 Å². The molecule has 0 aliphatic carbocycles. The van der Waals surface area contributed by atoms with Crippen molar-refractivity contribution in [3.8, 4) is 11.3 Å². The summed E-state index contributed by atoms with van der Waals surface area (Å²) >= 11 is 1.22. The van der Waals surface area contributed by atoms with Gasteiger partial charge in [-0.2, -0.15) is 13.8 Å². The normalized spacial score (nSPS) is 10.5. The van der Waals surface area contributed by atoms with Crippen LogP contribution < -0.4 is 5.32 Å². The molecule has 0 aromatic carbocycles. The summed E-state index contributed by atoms with van der Waals surface area (Å²) in [5.41, 5.74) is 1.89. The maximum atomic E-state index is 4.27. The Hall–Kier alpha value is -1.43. The van der Waals surface area contributed by atoms with Gasteiger partial charge in [-0.25, -0.2) is 0 Å². The van der Waals surface area contributed by atoms with Crippen molar-refractivity contribution in [2.24, 2.45) is 7.05 Å². The molecule has 0 amide bonds. The number of hydrogen-bond acceptors (Lipinski definition) is 5. The van der Waals surface area contributed by atoms with Gasteiger partial charge in [0.25, 0.3) is 0 Å². The van der Waals surface area contributed by atoms with Gasteiger partial charge in [0.2, 0.25) is 0 Å². The topological polar surface area (TPSA) is 55.6 Å². The van der Waals surface area contributed by atoms with Crippen LogP contribution in [0.2, 0.25) is 0 Å². The van der Waals surface area contributed by atoms with E-state index in [4.69, 9.17) is 0 Å². The third kappa shape index (κ3) is 2.15. The monoisotopic (exact) mass is 223 g/mol. The molecule has 0 bridgehead atoms. The summed E-state index contributed by atoms with van der Waals surface area (Å²) in [4.78, 5) is 0. The van der Waals surface area contributed by atoms with Crippen LogP contribution in [0.4, 0.5) is 5.82 Å². The fourth-order valence-corrected chi connectivity index (χ4v) is 1.83. The van der Waals surface area contributed by atoms with Crippen molar-refractivity contribution < 1.29 is 0 Å². The largest absolute Gasteiger partial charge is 0.367 e. The maximum Gasteiger partial charge on any atom is 0.168 e. The molecule has 0 saturated carbocycles. The Morgan fingerprint density at radius 1 is 1.47 bits per heavy atom. The molecular formula is C9H13N5S. The van der Waals surface area contributed by atoms with E-state index in [0.29, 0.717) is 0 Å². The lowest BCUT2D eigenvalue weighted by atomic mass is 10.2. The van der Waals surface area contributed by atoms with Gasteiger partial charge in [0.15, 0.2) is 5.82 Å². The second kappa shape index (κ2) is 4.39. The van der Waals surface area contributed by atoms with Crippen molar-refractivity contribution in [1.29, 1.82) is 0 Å². The van der Waals surface area contributed by atoms with Gasteiger partial charge < -0.3 is 5.32 Å². The lowest BCUT2D eigenvalue weighted by Crippen LogP contribution is -2.00. The van der Waals surface area contributed by atoms with E-state index in [2.05, 4.69) is 26.1 Å². The van der Waals surface area contributed by atoms with Crippen LogP contribution in [-0.2, 0) is 7.05 Å². The molecule has 0 aliphatic heterocycles.